The molecule has 0 radical (unpaired) electrons. The van der Waals surface area contributed by atoms with E-state index in [1.54, 1.807) is 6.20 Å². The van der Waals surface area contributed by atoms with Crippen molar-refractivity contribution in [3.05, 3.63) is 29.6 Å². The van der Waals surface area contributed by atoms with E-state index in [0.29, 0.717) is 11.7 Å². The van der Waals surface area contributed by atoms with Crippen molar-refractivity contribution < 1.29 is 5.11 Å². The van der Waals surface area contributed by atoms with Gasteiger partial charge in [-0.15, -0.1) is 0 Å². The molecule has 0 aromatic carbocycles. The molecule has 1 saturated heterocycles. The van der Waals surface area contributed by atoms with Crippen LogP contribution in [-0.4, -0.2) is 34.2 Å². The zero-order valence-electron chi connectivity index (χ0n) is 10.5. The Bertz CT molecular complexity index is 427. The van der Waals surface area contributed by atoms with E-state index < -0.39 is 0 Å². The van der Waals surface area contributed by atoms with Crippen molar-refractivity contribution in [1.29, 1.82) is 5.26 Å². The lowest BCUT2D eigenvalue weighted by Gasteiger charge is -2.24. The fourth-order valence-corrected chi connectivity index (χ4v) is 2.64. The molecule has 2 heterocycles. The summed E-state index contributed by atoms with van der Waals surface area (Å²) >= 11 is 0. The van der Waals surface area contributed by atoms with Gasteiger partial charge in [0, 0.05) is 31.0 Å². The van der Waals surface area contributed by atoms with E-state index in [1.165, 1.54) is 12.8 Å². The van der Waals surface area contributed by atoms with E-state index in [0.717, 1.165) is 31.5 Å². The standard InChI is InChI=1S/C14H19N3O/c15-10-14-12(4-1-7-16-14)11-17-8-2-5-13(17)6-3-9-18/h1,4,7,13,18H,2-3,5-6,8-9,11H2. The highest BCUT2D eigenvalue weighted by Crippen LogP contribution is 2.23. The van der Waals surface area contributed by atoms with Crippen molar-refractivity contribution in [3.8, 4) is 6.07 Å². The Morgan fingerprint density at radius 1 is 1.56 bits per heavy atom. The van der Waals surface area contributed by atoms with Crippen LogP contribution in [0, 0.1) is 11.3 Å². The highest BCUT2D eigenvalue weighted by Gasteiger charge is 2.24. The molecule has 18 heavy (non-hydrogen) atoms. The summed E-state index contributed by atoms with van der Waals surface area (Å²) in [6.45, 7) is 2.14. The quantitative estimate of drug-likeness (QED) is 0.857. The van der Waals surface area contributed by atoms with Crippen LogP contribution in [-0.2, 0) is 6.54 Å². The first kappa shape index (κ1) is 13.0. The van der Waals surface area contributed by atoms with Crippen molar-refractivity contribution in [2.75, 3.05) is 13.2 Å². The van der Waals surface area contributed by atoms with Crippen LogP contribution in [0.4, 0.5) is 0 Å². The Kier molecular flexibility index (Phi) is 4.68. The Balaban J connectivity index is 2.02. The monoisotopic (exact) mass is 245 g/mol. The second-order valence-corrected chi connectivity index (χ2v) is 4.76. The summed E-state index contributed by atoms with van der Waals surface area (Å²) in [5.74, 6) is 0. The van der Waals surface area contributed by atoms with Gasteiger partial charge in [0.2, 0.25) is 0 Å². The zero-order chi connectivity index (χ0) is 12.8. The molecule has 96 valence electrons. The van der Waals surface area contributed by atoms with Gasteiger partial charge in [0.05, 0.1) is 0 Å². The summed E-state index contributed by atoms with van der Waals surface area (Å²) in [6.07, 6.45) is 5.97. The van der Waals surface area contributed by atoms with Crippen LogP contribution in [0.2, 0.25) is 0 Å². The lowest BCUT2D eigenvalue weighted by molar-refractivity contribution is 0.210. The smallest absolute Gasteiger partial charge is 0.144 e. The van der Waals surface area contributed by atoms with Crippen LogP contribution in [0.5, 0.6) is 0 Å². The lowest BCUT2D eigenvalue weighted by Crippen LogP contribution is -2.29. The van der Waals surface area contributed by atoms with Crippen LogP contribution in [0.1, 0.15) is 36.9 Å². The molecule has 2 rings (SSSR count). The Morgan fingerprint density at radius 2 is 2.44 bits per heavy atom. The van der Waals surface area contributed by atoms with Gasteiger partial charge < -0.3 is 5.11 Å². The average molecular weight is 245 g/mol. The van der Waals surface area contributed by atoms with Crippen LogP contribution in [0.25, 0.3) is 0 Å². The van der Waals surface area contributed by atoms with Crippen LogP contribution >= 0.6 is 0 Å². The van der Waals surface area contributed by atoms with Gasteiger partial charge in [-0.25, -0.2) is 4.98 Å². The second-order valence-electron chi connectivity index (χ2n) is 4.76. The van der Waals surface area contributed by atoms with Crippen LogP contribution < -0.4 is 0 Å². The molecule has 1 N–H and O–H groups in total. The fraction of sp³-hybridized carbons (Fsp3) is 0.571. The molecule has 1 aromatic rings. The molecule has 1 aliphatic rings. The van der Waals surface area contributed by atoms with Crippen LogP contribution in [0.3, 0.4) is 0 Å². The summed E-state index contributed by atoms with van der Waals surface area (Å²) < 4.78 is 0. The minimum Gasteiger partial charge on any atom is -0.396 e. The minimum atomic E-state index is 0.265. The maximum atomic E-state index is 9.04. The van der Waals surface area contributed by atoms with E-state index in [2.05, 4.69) is 16.0 Å². The summed E-state index contributed by atoms with van der Waals surface area (Å²) in [6, 6.07) is 6.56. The number of hydrogen-bond acceptors (Lipinski definition) is 4. The lowest BCUT2D eigenvalue weighted by atomic mass is 10.1. The molecule has 4 nitrogen and oxygen atoms in total. The number of aliphatic hydroxyl groups is 1. The maximum absolute atomic E-state index is 9.04. The van der Waals surface area contributed by atoms with E-state index in [4.69, 9.17) is 10.4 Å². The number of likely N-dealkylation sites (tertiary alicyclic amines) is 1. The number of rotatable bonds is 5. The van der Waals surface area contributed by atoms with Gasteiger partial charge >= 0.3 is 0 Å². The highest BCUT2D eigenvalue weighted by atomic mass is 16.2. The minimum absolute atomic E-state index is 0.265. The fourth-order valence-electron chi connectivity index (χ4n) is 2.64. The highest BCUT2D eigenvalue weighted by molar-refractivity contribution is 5.30. The molecular weight excluding hydrogens is 226 g/mol. The molecule has 1 aliphatic heterocycles. The van der Waals surface area contributed by atoms with Crippen molar-refractivity contribution in [2.24, 2.45) is 0 Å². The Labute approximate surface area is 108 Å². The van der Waals surface area contributed by atoms with Gasteiger partial charge in [0.25, 0.3) is 0 Å². The predicted octanol–water partition coefficient (Wildman–Crippen LogP) is 1.69. The zero-order valence-corrected chi connectivity index (χ0v) is 10.5. The number of nitrogens with zero attached hydrogens (tertiary/aromatic N) is 3. The van der Waals surface area contributed by atoms with Crippen molar-refractivity contribution in [2.45, 2.75) is 38.3 Å². The molecule has 0 amide bonds. The van der Waals surface area contributed by atoms with Crippen molar-refractivity contribution in [3.63, 3.8) is 0 Å². The van der Waals surface area contributed by atoms with Gasteiger partial charge in [0.15, 0.2) is 0 Å². The third kappa shape index (κ3) is 3.06. The Hall–Kier alpha value is -1.44. The number of hydrogen-bond donors (Lipinski definition) is 1. The molecule has 1 fully saturated rings. The number of nitriles is 1. The van der Waals surface area contributed by atoms with Crippen LogP contribution in [0.15, 0.2) is 18.3 Å². The predicted molar refractivity (Wildman–Crippen MR) is 68.7 cm³/mol. The van der Waals surface area contributed by atoms with Crippen molar-refractivity contribution >= 4 is 0 Å². The third-order valence-electron chi connectivity index (χ3n) is 3.57. The molecule has 1 aromatic heterocycles. The molecule has 0 aliphatic carbocycles. The first-order valence-corrected chi connectivity index (χ1v) is 6.54. The first-order chi connectivity index (χ1) is 8.85. The molecule has 0 spiro atoms. The van der Waals surface area contributed by atoms with E-state index in [1.807, 2.05) is 12.1 Å². The summed E-state index contributed by atoms with van der Waals surface area (Å²) in [7, 11) is 0. The topological polar surface area (TPSA) is 60.2 Å². The largest absolute Gasteiger partial charge is 0.396 e. The SMILES string of the molecule is N#Cc1ncccc1CN1CCCC1CCCO. The number of aliphatic hydroxyl groups excluding tert-OH is 1. The molecule has 4 heteroatoms. The summed E-state index contributed by atoms with van der Waals surface area (Å²) in [4.78, 5) is 6.51. The molecule has 1 atom stereocenters. The number of aromatic nitrogens is 1. The van der Waals surface area contributed by atoms with Gasteiger partial charge in [-0.2, -0.15) is 5.26 Å². The van der Waals surface area contributed by atoms with E-state index >= 15 is 0 Å². The molecule has 1 unspecified atom stereocenters. The average Bonchev–Trinajstić information content (AvgIpc) is 2.84. The Morgan fingerprint density at radius 3 is 3.22 bits per heavy atom. The van der Waals surface area contributed by atoms with Gasteiger partial charge in [-0.05, 0) is 38.3 Å². The second kappa shape index (κ2) is 6.48. The van der Waals surface area contributed by atoms with Gasteiger partial charge in [0.1, 0.15) is 11.8 Å². The van der Waals surface area contributed by atoms with Gasteiger partial charge in [-0.1, -0.05) is 6.07 Å². The molecular formula is C14H19N3O. The van der Waals surface area contributed by atoms with Crippen molar-refractivity contribution in [1.82, 2.24) is 9.88 Å². The molecule has 0 saturated carbocycles. The van der Waals surface area contributed by atoms with Gasteiger partial charge in [-0.3, -0.25) is 4.90 Å². The first-order valence-electron chi connectivity index (χ1n) is 6.54. The third-order valence-corrected chi connectivity index (χ3v) is 3.57. The summed E-state index contributed by atoms with van der Waals surface area (Å²) in [5, 5.41) is 17.9. The molecule has 0 bridgehead atoms. The number of pyridine rings is 1. The normalized spacial score (nSPS) is 19.9. The van der Waals surface area contributed by atoms with E-state index in [-0.39, 0.29) is 6.61 Å². The van der Waals surface area contributed by atoms with E-state index in [9.17, 15) is 0 Å². The summed E-state index contributed by atoms with van der Waals surface area (Å²) in [5.41, 5.74) is 1.54. The maximum Gasteiger partial charge on any atom is 0.144 e.